The first kappa shape index (κ1) is 27.2. The molecule has 1 fully saturated rings. The molecule has 198 valence electrons. The largest absolute Gasteiger partial charge is 0.389 e. The van der Waals surface area contributed by atoms with E-state index in [1.165, 1.54) is 6.07 Å². The molecule has 2 aromatic carbocycles. The number of aryl methyl sites for hydroxylation is 1. The van der Waals surface area contributed by atoms with Crippen molar-refractivity contribution in [3.63, 3.8) is 0 Å². The average molecular weight is 507 g/mol. The summed E-state index contributed by atoms with van der Waals surface area (Å²) < 4.78 is 20.2. The van der Waals surface area contributed by atoms with E-state index in [2.05, 4.69) is 23.6 Å². The van der Waals surface area contributed by atoms with Crippen molar-refractivity contribution < 1.29 is 14.2 Å². The fraction of sp³-hybridized carbons (Fsp3) is 0.467. The zero-order chi connectivity index (χ0) is 26.0. The van der Waals surface area contributed by atoms with Crippen LogP contribution in [0.15, 0.2) is 54.6 Å². The lowest BCUT2D eigenvalue weighted by Gasteiger charge is -2.37. The minimum atomic E-state index is -0.490. The van der Waals surface area contributed by atoms with Crippen molar-refractivity contribution in [3.8, 4) is 11.4 Å². The van der Waals surface area contributed by atoms with Gasteiger partial charge in [-0.05, 0) is 24.5 Å². The summed E-state index contributed by atoms with van der Waals surface area (Å²) in [6, 6.07) is 17.0. The number of unbranched alkanes of at least 4 members (excludes halogenated alkanes) is 1. The molecule has 1 atom stereocenters. The zero-order valence-electron chi connectivity index (χ0n) is 22.1. The van der Waals surface area contributed by atoms with Crippen LogP contribution in [0.1, 0.15) is 43.5 Å². The number of anilines is 1. The Labute approximate surface area is 220 Å². The van der Waals surface area contributed by atoms with Gasteiger partial charge in [0, 0.05) is 62.6 Å². The Bertz CT molecular complexity index is 1120. The molecule has 1 aromatic heterocycles. The number of halogens is 1. The van der Waals surface area contributed by atoms with E-state index in [0.29, 0.717) is 37.6 Å². The molecule has 0 saturated carbocycles. The average Bonchev–Trinajstić information content (AvgIpc) is 2.93. The van der Waals surface area contributed by atoms with Crippen LogP contribution in [0, 0.1) is 5.82 Å². The lowest BCUT2D eigenvalue weighted by molar-refractivity contribution is 0.0150. The zero-order valence-corrected chi connectivity index (χ0v) is 22.1. The van der Waals surface area contributed by atoms with E-state index in [1.54, 1.807) is 6.07 Å². The number of piperazine rings is 1. The second kappa shape index (κ2) is 13.6. The van der Waals surface area contributed by atoms with Crippen LogP contribution in [0.5, 0.6) is 0 Å². The third kappa shape index (κ3) is 7.34. The summed E-state index contributed by atoms with van der Waals surface area (Å²) >= 11 is 0. The highest BCUT2D eigenvalue weighted by Crippen LogP contribution is 2.29. The number of ether oxygens (including phenoxy) is 1. The van der Waals surface area contributed by atoms with Crippen molar-refractivity contribution in [1.82, 2.24) is 14.9 Å². The fourth-order valence-corrected chi connectivity index (χ4v) is 4.76. The summed E-state index contributed by atoms with van der Waals surface area (Å²) in [5.74, 6) is 1.38. The molecule has 0 bridgehead atoms. The second-order valence-electron chi connectivity index (χ2n) is 9.65. The first-order valence-electron chi connectivity index (χ1n) is 13.5. The third-order valence-electron chi connectivity index (χ3n) is 6.86. The number of hydrogen-bond donors (Lipinski definition) is 1. The van der Waals surface area contributed by atoms with Crippen molar-refractivity contribution in [2.45, 2.75) is 45.6 Å². The first-order valence-corrected chi connectivity index (χ1v) is 13.5. The van der Waals surface area contributed by atoms with E-state index >= 15 is 0 Å². The molecular formula is C30H39FN4O2. The summed E-state index contributed by atoms with van der Waals surface area (Å²) in [6.45, 7) is 9.08. The Hall–Kier alpha value is -2.87. The highest BCUT2D eigenvalue weighted by molar-refractivity contribution is 5.61. The summed E-state index contributed by atoms with van der Waals surface area (Å²) in [5.41, 5.74) is 3.57. The van der Waals surface area contributed by atoms with Crippen molar-refractivity contribution >= 4 is 5.82 Å². The van der Waals surface area contributed by atoms with Gasteiger partial charge in [-0.15, -0.1) is 0 Å². The molecule has 4 rings (SSSR count). The Kier molecular flexibility index (Phi) is 9.99. The van der Waals surface area contributed by atoms with Gasteiger partial charge in [-0.1, -0.05) is 68.8 Å². The second-order valence-corrected chi connectivity index (χ2v) is 9.65. The molecule has 0 amide bonds. The van der Waals surface area contributed by atoms with Crippen LogP contribution in [-0.2, 0) is 17.6 Å². The van der Waals surface area contributed by atoms with Crippen molar-refractivity contribution in [2.24, 2.45) is 0 Å². The first-order chi connectivity index (χ1) is 18.1. The van der Waals surface area contributed by atoms with Gasteiger partial charge in [0.2, 0.25) is 0 Å². The molecule has 1 aliphatic heterocycles. The van der Waals surface area contributed by atoms with E-state index < -0.39 is 6.10 Å². The van der Waals surface area contributed by atoms with Crippen LogP contribution in [0.3, 0.4) is 0 Å². The number of aliphatic hydroxyl groups excluding tert-OH is 1. The van der Waals surface area contributed by atoms with Gasteiger partial charge >= 0.3 is 0 Å². The van der Waals surface area contributed by atoms with Crippen LogP contribution in [0.4, 0.5) is 10.2 Å². The van der Waals surface area contributed by atoms with Gasteiger partial charge in [0.15, 0.2) is 5.82 Å². The molecule has 6 nitrogen and oxygen atoms in total. The van der Waals surface area contributed by atoms with Gasteiger partial charge in [-0.2, -0.15) is 0 Å². The number of rotatable bonds is 12. The van der Waals surface area contributed by atoms with Crippen molar-refractivity contribution in [2.75, 3.05) is 50.8 Å². The lowest BCUT2D eigenvalue weighted by atomic mass is 10.0. The summed E-state index contributed by atoms with van der Waals surface area (Å²) in [4.78, 5) is 14.5. The van der Waals surface area contributed by atoms with Gasteiger partial charge in [0.05, 0.1) is 12.7 Å². The van der Waals surface area contributed by atoms with Gasteiger partial charge in [-0.25, -0.2) is 14.4 Å². The highest BCUT2D eigenvalue weighted by atomic mass is 19.1. The molecule has 7 heteroatoms. The predicted octanol–water partition coefficient (Wildman–Crippen LogP) is 4.74. The van der Waals surface area contributed by atoms with Crippen LogP contribution < -0.4 is 4.90 Å². The van der Waals surface area contributed by atoms with Crippen molar-refractivity contribution in [3.05, 3.63) is 77.2 Å². The van der Waals surface area contributed by atoms with E-state index in [1.807, 2.05) is 42.5 Å². The maximum Gasteiger partial charge on any atom is 0.161 e. The van der Waals surface area contributed by atoms with Crippen LogP contribution in [-0.4, -0.2) is 72.0 Å². The van der Waals surface area contributed by atoms with Gasteiger partial charge in [0.25, 0.3) is 0 Å². The number of benzene rings is 2. The Morgan fingerprint density at radius 3 is 2.41 bits per heavy atom. The van der Waals surface area contributed by atoms with Gasteiger partial charge < -0.3 is 14.7 Å². The fourth-order valence-electron chi connectivity index (χ4n) is 4.76. The smallest absolute Gasteiger partial charge is 0.161 e. The SMILES string of the molecule is CCCCOC[C@@H](O)CN1CCN(c2nc(-c3ccccc3)nc(CC)c2Cc2ccccc2F)CC1. The molecule has 3 aromatic rings. The van der Waals surface area contributed by atoms with Crippen LogP contribution in [0.25, 0.3) is 11.4 Å². The Morgan fingerprint density at radius 2 is 1.70 bits per heavy atom. The third-order valence-corrected chi connectivity index (χ3v) is 6.86. The number of hydrogen-bond acceptors (Lipinski definition) is 6. The van der Waals surface area contributed by atoms with E-state index in [-0.39, 0.29) is 5.82 Å². The molecule has 37 heavy (non-hydrogen) atoms. The highest BCUT2D eigenvalue weighted by Gasteiger charge is 2.25. The molecule has 2 heterocycles. The monoisotopic (exact) mass is 506 g/mol. The lowest BCUT2D eigenvalue weighted by Crippen LogP contribution is -2.49. The topological polar surface area (TPSA) is 61.7 Å². The minimum Gasteiger partial charge on any atom is -0.389 e. The normalized spacial score (nSPS) is 15.2. The van der Waals surface area contributed by atoms with E-state index in [4.69, 9.17) is 14.7 Å². The number of aromatic nitrogens is 2. The number of aliphatic hydroxyl groups is 1. The minimum absolute atomic E-state index is 0.206. The molecule has 1 aliphatic rings. The van der Waals surface area contributed by atoms with Crippen LogP contribution in [0.2, 0.25) is 0 Å². The molecule has 1 N–H and O–H groups in total. The molecule has 0 aliphatic carbocycles. The Balaban J connectivity index is 1.55. The number of β-amino-alcohol motifs (C(OH)–C–C–N with tert-alkyl or cyclic N) is 1. The van der Waals surface area contributed by atoms with E-state index in [0.717, 1.165) is 68.1 Å². The standard InChI is InChI=1S/C30H39FN4O2/c1-3-5-19-37-22-25(36)21-34-15-17-35(18-16-34)30-26(20-24-13-9-10-14-27(24)31)28(4-2)32-29(33-30)23-11-7-6-8-12-23/h6-14,25,36H,3-5,15-22H2,1-2H3/t25-/m0/s1. The quantitative estimate of drug-likeness (QED) is 0.358. The molecule has 0 unspecified atom stereocenters. The maximum absolute atomic E-state index is 14.6. The Morgan fingerprint density at radius 1 is 0.973 bits per heavy atom. The predicted molar refractivity (Wildman–Crippen MR) is 146 cm³/mol. The number of nitrogens with zero attached hydrogens (tertiary/aromatic N) is 4. The molecular weight excluding hydrogens is 467 g/mol. The summed E-state index contributed by atoms with van der Waals surface area (Å²) in [5, 5.41) is 10.4. The van der Waals surface area contributed by atoms with E-state index in [9.17, 15) is 9.50 Å². The van der Waals surface area contributed by atoms with Gasteiger partial charge in [-0.3, -0.25) is 4.90 Å². The maximum atomic E-state index is 14.6. The molecule has 1 saturated heterocycles. The van der Waals surface area contributed by atoms with Gasteiger partial charge in [0.1, 0.15) is 11.6 Å². The molecule has 0 radical (unpaired) electrons. The molecule has 0 spiro atoms. The van der Waals surface area contributed by atoms with Crippen molar-refractivity contribution in [1.29, 1.82) is 0 Å². The van der Waals surface area contributed by atoms with Crippen LogP contribution >= 0.6 is 0 Å². The summed E-state index contributed by atoms with van der Waals surface area (Å²) in [7, 11) is 0. The summed E-state index contributed by atoms with van der Waals surface area (Å²) in [6.07, 6.45) is 2.81.